The zero-order valence-corrected chi connectivity index (χ0v) is 69.1. The molecule has 15 aromatic rings. The van der Waals surface area contributed by atoms with Crippen molar-refractivity contribution in [1.29, 1.82) is 0 Å². The van der Waals surface area contributed by atoms with Gasteiger partial charge < -0.3 is 77.8 Å². The highest BCUT2D eigenvalue weighted by atomic mass is 19.1. The number of imidazole rings is 3. The second kappa shape index (κ2) is 40.4. The Bertz CT molecular complexity index is 5920. The Morgan fingerprint density at radius 1 is 0.325 bits per heavy atom. The fourth-order valence-electron chi connectivity index (χ4n) is 14.8. The molecule has 5 aliphatic heterocycles. The van der Waals surface area contributed by atoms with E-state index in [4.69, 9.17) is 14.5 Å². The van der Waals surface area contributed by atoms with Gasteiger partial charge in [-0.25, -0.2) is 65.1 Å². The molecule has 20 rings (SSSR count). The largest absolute Gasteiger partial charge is 0.492 e. The van der Waals surface area contributed by atoms with Gasteiger partial charge in [-0.05, 0) is 224 Å². The maximum absolute atomic E-state index is 14.4. The van der Waals surface area contributed by atoms with Crippen molar-refractivity contribution in [2.45, 2.75) is 45.4 Å². The van der Waals surface area contributed by atoms with E-state index in [0.717, 1.165) is 225 Å². The van der Waals surface area contributed by atoms with Crippen LogP contribution in [-0.4, -0.2) is 228 Å². The van der Waals surface area contributed by atoms with E-state index in [1.165, 1.54) is 29.8 Å². The van der Waals surface area contributed by atoms with E-state index >= 15 is 0 Å². The SMILES string of the molecule is CN1CCCNc2ccc(F)c(c2)-c2cnc3ccc(nn23)NCC1.CN1CCCOc2ccc3ncc(n3n2)-c2cc(ccc2F)NCC1.Cc1ccc2cc1-c1cnn3ccc(nc13)NCCCNCCO2.Fc1ccc2cc1-c1cnc3ccc(nn13)NCCCNCCN2.Fc1ccc2cc1-c1cnn3ccc(nc13)NCCCCNCCN2. The third-order valence-corrected chi connectivity index (χ3v) is 21.5. The second-order valence-corrected chi connectivity index (χ2v) is 30.5. The molecule has 30 nitrogen and oxygen atoms in total. The quantitative estimate of drug-likeness (QED) is 0.0629. The van der Waals surface area contributed by atoms with Gasteiger partial charge in [0, 0.05) is 166 Å². The van der Waals surface area contributed by atoms with E-state index in [1.54, 1.807) is 85.3 Å². The summed E-state index contributed by atoms with van der Waals surface area (Å²) in [6.45, 7) is 19.1. The predicted molar refractivity (Wildman–Crippen MR) is 477 cm³/mol. The first-order valence-corrected chi connectivity index (χ1v) is 42.0. The lowest BCUT2D eigenvalue weighted by atomic mass is 10.0. The first-order chi connectivity index (χ1) is 60.3. The summed E-state index contributed by atoms with van der Waals surface area (Å²) in [5.41, 5.74) is 14.9. The molecule has 0 aliphatic carbocycles. The Hall–Kier alpha value is -13.3. The second-order valence-electron chi connectivity index (χ2n) is 30.5. The van der Waals surface area contributed by atoms with Gasteiger partial charge >= 0.3 is 0 Å². The Labute approximate surface area is 709 Å². The van der Waals surface area contributed by atoms with E-state index in [-0.39, 0.29) is 23.3 Å². The number of ether oxygens (including phenoxy) is 2. The van der Waals surface area contributed by atoms with Crippen molar-refractivity contribution in [3.05, 3.63) is 212 Å². The Kier molecular flexibility index (Phi) is 27.4. The number of hydrogen-bond donors (Lipinski definition) is 11. The summed E-state index contributed by atoms with van der Waals surface area (Å²) in [5, 5.41) is 59.3. The number of aromatic nitrogens is 15. The fourth-order valence-corrected chi connectivity index (χ4v) is 14.8. The van der Waals surface area contributed by atoms with Crippen LogP contribution in [0.25, 0.3) is 84.3 Å². The van der Waals surface area contributed by atoms with E-state index in [0.29, 0.717) is 86.6 Å². The number of rotatable bonds is 0. The van der Waals surface area contributed by atoms with Gasteiger partial charge in [-0.15, -0.1) is 15.3 Å². The molecule has 638 valence electrons. The van der Waals surface area contributed by atoms with Crippen LogP contribution in [0.3, 0.4) is 0 Å². The fraction of sp³-hybridized carbons (Fsp3) is 0.326. The first kappa shape index (κ1) is 83.4. The number of anilines is 8. The summed E-state index contributed by atoms with van der Waals surface area (Å²) in [5.74, 6) is 3.41. The third-order valence-electron chi connectivity index (χ3n) is 21.5. The molecule has 0 fully saturated rings. The molecule has 123 heavy (non-hydrogen) atoms. The van der Waals surface area contributed by atoms with Crippen LogP contribution in [0.4, 0.5) is 63.6 Å². The maximum Gasteiger partial charge on any atom is 0.231 e. The van der Waals surface area contributed by atoms with Crippen molar-refractivity contribution in [3.63, 3.8) is 0 Å². The molecule has 10 aromatic heterocycles. The summed E-state index contributed by atoms with van der Waals surface area (Å²) in [7, 11) is 4.19. The standard InChI is InChI=1S/2C18H21FN6.C18H20FN5O.C18H21N5O.C17H19FN6/c1-24-9-2-7-20-13-3-4-15(19)14(11-13)16-12-22-18-6-5-17(21-8-10-24)23-25(16)18;19-16-4-3-13-11-14(16)15-12-23-25-10-5-17(24-18(15)25)22-7-2-1-6-20-8-9-21-13;1-23-8-2-10-25-18-6-5-17-21-12-16(24(17)22-18)14-11-13(20-7-9-23)3-4-15(14)19;1-13-3-4-14-11-15(13)16-12-21-23-9-5-17(22-18(16)23)20-7-2-6-19-8-10-24-14;18-14-3-2-12-10-13(14)15-11-22-17-5-4-16(23-24(15)17)21-7-1-6-19-8-9-20-12/h3-6,11-12,20H,2,7-10H2,1H3,(H,21,23);3-5,10-12,20-21H,1-2,6-9H2,(H,22,24);3-6,11-12,20H,2,7-10H2,1H3;3-5,9,11-12,19H,2,6-8,10H2,1H3,(H,20,22);2-5,10-11,19-20H,1,6-9H2,(H,21,23). The number of benzene rings is 5. The van der Waals surface area contributed by atoms with Gasteiger partial charge in [0.25, 0.3) is 0 Å². The van der Waals surface area contributed by atoms with Crippen LogP contribution in [0.15, 0.2) is 183 Å². The minimum absolute atomic E-state index is 0.278. The Morgan fingerprint density at radius 2 is 0.764 bits per heavy atom. The smallest absolute Gasteiger partial charge is 0.231 e. The summed E-state index contributed by atoms with van der Waals surface area (Å²) in [4.78, 5) is 26.9. The molecule has 0 amide bonds. The number of aryl methyl sites for hydroxylation is 1. The van der Waals surface area contributed by atoms with Crippen LogP contribution < -0.4 is 68.0 Å². The number of fused-ring (bicyclic) bond motifs is 20. The lowest BCUT2D eigenvalue weighted by Gasteiger charge is -2.17. The van der Waals surface area contributed by atoms with Crippen molar-refractivity contribution in [3.8, 4) is 67.7 Å². The summed E-state index contributed by atoms with van der Waals surface area (Å²) < 4.78 is 77.8. The van der Waals surface area contributed by atoms with E-state index in [9.17, 15) is 17.6 Å². The van der Waals surface area contributed by atoms with Crippen LogP contribution in [-0.2, 0) is 0 Å². The van der Waals surface area contributed by atoms with Crippen LogP contribution in [0.5, 0.6) is 11.6 Å². The lowest BCUT2D eigenvalue weighted by molar-refractivity contribution is 0.258. The number of nitrogens with zero attached hydrogens (tertiary/aromatic N) is 17. The summed E-state index contributed by atoms with van der Waals surface area (Å²) in [6, 6.07) is 41.4. The van der Waals surface area contributed by atoms with Crippen molar-refractivity contribution in [2.24, 2.45) is 0 Å². The highest BCUT2D eigenvalue weighted by Gasteiger charge is 2.21. The molecule has 5 aromatic carbocycles. The average molecular weight is 1670 g/mol. The average Bonchev–Trinajstić information content (AvgIpc) is 1.68. The van der Waals surface area contributed by atoms with Crippen LogP contribution in [0, 0.1) is 30.2 Å². The third kappa shape index (κ3) is 21.2. The molecule has 34 heteroatoms. The number of halogens is 4. The Balaban J connectivity index is 0.000000114. The zero-order chi connectivity index (χ0) is 84.2. The summed E-state index contributed by atoms with van der Waals surface area (Å²) >= 11 is 0. The topological polar surface area (TPSA) is 308 Å². The molecule has 0 unspecified atom stereocenters. The maximum atomic E-state index is 14.4. The molecule has 0 atom stereocenters. The monoisotopic (exact) mass is 1670 g/mol. The van der Waals surface area contributed by atoms with Gasteiger partial charge in [0.1, 0.15) is 58.9 Å². The minimum Gasteiger partial charge on any atom is -0.492 e. The van der Waals surface area contributed by atoms with Crippen LogP contribution >= 0.6 is 0 Å². The lowest BCUT2D eigenvalue weighted by Crippen LogP contribution is -2.27. The first-order valence-electron chi connectivity index (χ1n) is 42.0. The molecular formula is C89H102F4N28O2. The van der Waals surface area contributed by atoms with Crippen LogP contribution in [0.1, 0.15) is 44.1 Å². The van der Waals surface area contributed by atoms with Crippen molar-refractivity contribution < 1.29 is 27.0 Å². The molecule has 0 spiro atoms. The van der Waals surface area contributed by atoms with Gasteiger partial charge in [-0.3, -0.25) is 0 Å². The predicted octanol–water partition coefficient (Wildman–Crippen LogP) is 12.9. The summed E-state index contributed by atoms with van der Waals surface area (Å²) in [6.07, 6.45) is 18.4. The molecular weight excluding hydrogens is 1570 g/mol. The van der Waals surface area contributed by atoms with Gasteiger partial charge in [0.15, 0.2) is 28.2 Å². The number of likely N-dealkylation sites (N-methyl/N-ethyl adjacent to an activating group) is 2. The molecule has 0 saturated carbocycles. The van der Waals surface area contributed by atoms with Gasteiger partial charge in [-0.1, -0.05) is 6.07 Å². The molecule has 0 saturated heterocycles. The van der Waals surface area contributed by atoms with Gasteiger partial charge in [0.05, 0.1) is 54.7 Å². The normalized spacial score (nSPS) is 15.7. The highest BCUT2D eigenvalue weighted by molar-refractivity contribution is 5.82. The van der Waals surface area contributed by atoms with Gasteiger partial charge in [0.2, 0.25) is 5.88 Å². The van der Waals surface area contributed by atoms with Crippen molar-refractivity contribution >= 4 is 74.3 Å². The number of hydrogen-bond acceptors (Lipinski definition) is 25. The number of nitrogens with one attached hydrogen (secondary N) is 11. The van der Waals surface area contributed by atoms with Gasteiger partial charge in [-0.2, -0.15) is 10.2 Å². The molecule has 15 heterocycles. The zero-order valence-electron chi connectivity index (χ0n) is 69.1. The van der Waals surface area contributed by atoms with E-state index in [2.05, 4.69) is 147 Å². The Morgan fingerprint density at radius 3 is 1.33 bits per heavy atom. The molecule has 0 radical (unpaired) electrons. The molecule has 20 bridgehead atoms. The minimum atomic E-state index is -0.304. The highest BCUT2D eigenvalue weighted by Crippen LogP contribution is 2.35. The molecule has 5 aliphatic rings. The van der Waals surface area contributed by atoms with Crippen molar-refractivity contribution in [2.75, 3.05) is 188 Å². The van der Waals surface area contributed by atoms with Crippen LogP contribution in [0.2, 0.25) is 0 Å². The van der Waals surface area contributed by atoms with E-state index in [1.807, 2.05) is 83.8 Å². The molecule has 11 N–H and O–H groups in total. The van der Waals surface area contributed by atoms with Crippen molar-refractivity contribution in [1.82, 2.24) is 98.7 Å². The van der Waals surface area contributed by atoms with E-state index < -0.39 is 0 Å².